The summed E-state index contributed by atoms with van der Waals surface area (Å²) in [5, 5.41) is 4.02. The summed E-state index contributed by atoms with van der Waals surface area (Å²) < 4.78 is 17.9. The lowest BCUT2D eigenvalue weighted by molar-refractivity contribution is -0.115. The highest BCUT2D eigenvalue weighted by atomic mass is 19.1. The van der Waals surface area contributed by atoms with Gasteiger partial charge in [0, 0.05) is 42.3 Å². The first-order valence-corrected chi connectivity index (χ1v) is 9.82. The molecule has 0 unspecified atom stereocenters. The predicted molar refractivity (Wildman–Crippen MR) is 107 cm³/mol. The van der Waals surface area contributed by atoms with Crippen LogP contribution < -0.4 is 10.6 Å². The van der Waals surface area contributed by atoms with Crippen LogP contribution in [0.1, 0.15) is 56.2 Å². The summed E-state index contributed by atoms with van der Waals surface area (Å²) in [6.45, 7) is 3.65. The second-order valence-corrected chi connectivity index (χ2v) is 7.23. The molecular weight excluding hydrogens is 359 g/mol. The lowest BCUT2D eigenvalue weighted by atomic mass is 10.1. The fourth-order valence-electron chi connectivity index (χ4n) is 3.05. The van der Waals surface area contributed by atoms with Gasteiger partial charge >= 0.3 is 0 Å². The Bertz CT molecular complexity index is 816. The van der Waals surface area contributed by atoms with E-state index in [0.29, 0.717) is 29.7 Å². The van der Waals surface area contributed by atoms with Gasteiger partial charge in [0.2, 0.25) is 5.89 Å². The molecule has 7 heteroatoms. The summed E-state index contributed by atoms with van der Waals surface area (Å²) in [4.78, 5) is 18.8. The number of alkyl halides is 1. The number of unbranched alkanes of at least 4 members (excludes halogenated alkanes) is 2. The standard InChI is InChI=1S/C21H27FN4O2/c1-15(11-12-22)21(27)26(18-7-5-6-17(23)14-18)13-4-2-3-8-19-24-20(25-28-19)16-9-10-16/h5-7,14,16H,1-4,8-13,23H2. The number of nitrogen functional groups attached to an aromatic ring is 1. The number of halogens is 1. The number of rotatable bonds is 11. The van der Waals surface area contributed by atoms with Gasteiger partial charge < -0.3 is 15.2 Å². The third-order valence-electron chi connectivity index (χ3n) is 4.82. The van der Waals surface area contributed by atoms with Crippen LogP contribution in [0.15, 0.2) is 40.9 Å². The van der Waals surface area contributed by atoms with Gasteiger partial charge in [0.1, 0.15) is 0 Å². The third-order valence-corrected chi connectivity index (χ3v) is 4.82. The Balaban J connectivity index is 1.51. The summed E-state index contributed by atoms with van der Waals surface area (Å²) in [5.41, 5.74) is 7.41. The van der Waals surface area contributed by atoms with Crippen LogP contribution in [0, 0.1) is 0 Å². The molecule has 6 nitrogen and oxygen atoms in total. The van der Waals surface area contributed by atoms with Gasteiger partial charge in [0.25, 0.3) is 5.91 Å². The van der Waals surface area contributed by atoms with Gasteiger partial charge in [-0.1, -0.05) is 24.2 Å². The van der Waals surface area contributed by atoms with Crippen molar-refractivity contribution in [3.05, 3.63) is 48.1 Å². The molecule has 1 aliphatic carbocycles. The number of nitrogens with two attached hydrogens (primary N) is 1. The average Bonchev–Trinajstić information content (AvgIpc) is 3.43. The first kappa shape index (κ1) is 20.0. The van der Waals surface area contributed by atoms with Crippen molar-refractivity contribution in [3.63, 3.8) is 0 Å². The molecule has 3 rings (SSSR count). The van der Waals surface area contributed by atoms with Crippen LogP contribution in [0.2, 0.25) is 0 Å². The van der Waals surface area contributed by atoms with E-state index in [9.17, 15) is 9.18 Å². The Labute approximate surface area is 164 Å². The van der Waals surface area contributed by atoms with Crippen LogP contribution in [-0.4, -0.2) is 29.3 Å². The molecule has 0 atom stereocenters. The Morgan fingerprint density at radius 1 is 1.32 bits per heavy atom. The number of aryl methyl sites for hydroxylation is 1. The number of benzene rings is 1. The van der Waals surface area contributed by atoms with Crippen molar-refractivity contribution in [2.75, 3.05) is 23.9 Å². The van der Waals surface area contributed by atoms with Crippen molar-refractivity contribution in [1.82, 2.24) is 10.1 Å². The van der Waals surface area contributed by atoms with Gasteiger partial charge in [0.05, 0.1) is 6.67 Å². The van der Waals surface area contributed by atoms with Crippen molar-refractivity contribution in [3.8, 4) is 0 Å². The largest absolute Gasteiger partial charge is 0.399 e. The molecule has 1 heterocycles. The van der Waals surface area contributed by atoms with Gasteiger partial charge in [-0.2, -0.15) is 4.98 Å². The van der Waals surface area contributed by atoms with Gasteiger partial charge in [0.15, 0.2) is 5.82 Å². The molecular formula is C21H27FN4O2. The Hall–Kier alpha value is -2.70. The van der Waals surface area contributed by atoms with Gasteiger partial charge in [-0.05, 0) is 43.9 Å². The van der Waals surface area contributed by atoms with Gasteiger partial charge in [-0.3, -0.25) is 9.18 Å². The zero-order valence-electron chi connectivity index (χ0n) is 16.1. The highest BCUT2D eigenvalue weighted by Gasteiger charge is 2.28. The number of hydrogen-bond acceptors (Lipinski definition) is 5. The third kappa shape index (κ3) is 5.41. The molecule has 1 amide bonds. The maximum Gasteiger partial charge on any atom is 0.253 e. The SMILES string of the molecule is C=C(CCF)C(=O)N(CCCCCc1nc(C2CC2)no1)c1cccc(N)c1. The van der Waals surface area contributed by atoms with Crippen molar-refractivity contribution in [2.24, 2.45) is 0 Å². The smallest absolute Gasteiger partial charge is 0.253 e. The van der Waals surface area contributed by atoms with E-state index in [-0.39, 0.29) is 17.9 Å². The number of aromatic nitrogens is 2. The quantitative estimate of drug-likeness (QED) is 0.355. The molecule has 0 aliphatic heterocycles. The van der Waals surface area contributed by atoms with Crippen molar-refractivity contribution >= 4 is 17.3 Å². The zero-order chi connectivity index (χ0) is 19.9. The fourth-order valence-corrected chi connectivity index (χ4v) is 3.05. The number of hydrogen-bond donors (Lipinski definition) is 1. The summed E-state index contributed by atoms with van der Waals surface area (Å²) in [6.07, 6.45) is 5.69. The maximum absolute atomic E-state index is 12.7. The highest BCUT2D eigenvalue weighted by Crippen LogP contribution is 2.38. The molecule has 1 aromatic heterocycles. The molecule has 2 aromatic rings. The lowest BCUT2D eigenvalue weighted by Crippen LogP contribution is -2.33. The van der Waals surface area contributed by atoms with Crippen LogP contribution in [0.3, 0.4) is 0 Å². The van der Waals surface area contributed by atoms with Gasteiger partial charge in [-0.25, -0.2) is 0 Å². The van der Waals surface area contributed by atoms with E-state index in [4.69, 9.17) is 10.3 Å². The van der Waals surface area contributed by atoms with E-state index in [1.165, 1.54) is 0 Å². The lowest BCUT2D eigenvalue weighted by Gasteiger charge is -2.24. The number of amides is 1. The molecule has 2 N–H and O–H groups in total. The molecule has 150 valence electrons. The Kier molecular flexibility index (Phi) is 6.79. The second-order valence-electron chi connectivity index (χ2n) is 7.23. The second kappa shape index (κ2) is 9.48. The normalized spacial score (nSPS) is 13.5. The molecule has 1 fully saturated rings. The highest BCUT2D eigenvalue weighted by molar-refractivity contribution is 6.05. The molecule has 0 spiro atoms. The summed E-state index contributed by atoms with van der Waals surface area (Å²) >= 11 is 0. The Morgan fingerprint density at radius 3 is 2.86 bits per heavy atom. The van der Waals surface area contributed by atoms with E-state index in [2.05, 4.69) is 16.7 Å². The molecule has 1 saturated carbocycles. The number of carbonyl (C=O) groups excluding carboxylic acids is 1. The topological polar surface area (TPSA) is 85.2 Å². The van der Waals surface area contributed by atoms with E-state index in [0.717, 1.165) is 44.3 Å². The zero-order valence-corrected chi connectivity index (χ0v) is 16.1. The summed E-state index contributed by atoms with van der Waals surface area (Å²) in [7, 11) is 0. The Morgan fingerprint density at radius 2 is 2.14 bits per heavy atom. The monoisotopic (exact) mass is 386 g/mol. The van der Waals surface area contributed by atoms with Crippen molar-refractivity contribution in [1.29, 1.82) is 0 Å². The van der Waals surface area contributed by atoms with Crippen LogP contribution >= 0.6 is 0 Å². The van der Waals surface area contributed by atoms with Crippen LogP contribution in [0.5, 0.6) is 0 Å². The molecule has 28 heavy (non-hydrogen) atoms. The van der Waals surface area contributed by atoms with E-state index >= 15 is 0 Å². The number of anilines is 2. The summed E-state index contributed by atoms with van der Waals surface area (Å²) in [6, 6.07) is 7.14. The maximum atomic E-state index is 12.7. The van der Waals surface area contributed by atoms with Crippen LogP contribution in [-0.2, 0) is 11.2 Å². The molecule has 1 aromatic carbocycles. The minimum absolute atomic E-state index is 0.0398. The van der Waals surface area contributed by atoms with Gasteiger partial charge in [-0.15, -0.1) is 0 Å². The number of nitrogens with zero attached hydrogens (tertiary/aromatic N) is 3. The van der Waals surface area contributed by atoms with E-state index < -0.39 is 6.67 Å². The molecule has 0 bridgehead atoms. The number of carbonyl (C=O) groups is 1. The van der Waals surface area contributed by atoms with E-state index in [1.54, 1.807) is 23.1 Å². The molecule has 0 radical (unpaired) electrons. The van der Waals surface area contributed by atoms with E-state index in [1.807, 2.05) is 6.07 Å². The van der Waals surface area contributed by atoms with Crippen molar-refractivity contribution < 1.29 is 13.7 Å². The van der Waals surface area contributed by atoms with Crippen LogP contribution in [0.25, 0.3) is 0 Å². The average molecular weight is 386 g/mol. The molecule has 1 aliphatic rings. The fraction of sp³-hybridized carbons (Fsp3) is 0.476. The van der Waals surface area contributed by atoms with Crippen molar-refractivity contribution in [2.45, 2.75) is 50.9 Å². The minimum atomic E-state index is -0.595. The summed E-state index contributed by atoms with van der Waals surface area (Å²) in [5.74, 6) is 1.75. The van der Waals surface area contributed by atoms with Crippen LogP contribution in [0.4, 0.5) is 15.8 Å². The molecule has 0 saturated heterocycles. The minimum Gasteiger partial charge on any atom is -0.399 e. The first-order chi connectivity index (χ1) is 13.6. The first-order valence-electron chi connectivity index (χ1n) is 9.82. The predicted octanol–water partition coefficient (Wildman–Crippen LogP) is 4.19.